The summed E-state index contributed by atoms with van der Waals surface area (Å²) in [5, 5.41) is 0. The SMILES string of the molecule is COCC1COCCC12CCN(Cc1ccc(C)cc1)CC2. The van der Waals surface area contributed by atoms with Crippen LogP contribution in [0, 0.1) is 18.3 Å². The van der Waals surface area contributed by atoms with Gasteiger partial charge in [0, 0.05) is 26.2 Å². The van der Waals surface area contributed by atoms with E-state index < -0.39 is 0 Å². The molecule has 2 heterocycles. The standard InChI is InChI=1S/C19H29NO2/c1-16-3-5-17(6-4-16)13-20-10-7-19(8-11-20)9-12-22-15-18(19)14-21-2/h3-6,18H,7-15H2,1-2H3. The Morgan fingerprint density at radius 1 is 1.18 bits per heavy atom. The summed E-state index contributed by atoms with van der Waals surface area (Å²) in [7, 11) is 1.81. The van der Waals surface area contributed by atoms with Gasteiger partial charge in [0.1, 0.15) is 0 Å². The molecule has 122 valence electrons. The highest BCUT2D eigenvalue weighted by atomic mass is 16.5. The molecule has 2 saturated heterocycles. The Balaban J connectivity index is 1.58. The van der Waals surface area contributed by atoms with Crippen molar-refractivity contribution >= 4 is 0 Å². The number of hydrogen-bond donors (Lipinski definition) is 0. The minimum absolute atomic E-state index is 0.456. The van der Waals surface area contributed by atoms with E-state index in [0.29, 0.717) is 11.3 Å². The fraction of sp³-hybridized carbons (Fsp3) is 0.684. The van der Waals surface area contributed by atoms with Gasteiger partial charge in [0.05, 0.1) is 13.2 Å². The van der Waals surface area contributed by atoms with Gasteiger partial charge in [0.25, 0.3) is 0 Å². The maximum absolute atomic E-state index is 5.70. The Bertz CT molecular complexity index is 461. The number of aryl methyl sites for hydroxylation is 1. The molecule has 0 amide bonds. The molecular weight excluding hydrogens is 274 g/mol. The van der Waals surface area contributed by atoms with Crippen LogP contribution in [0.15, 0.2) is 24.3 Å². The topological polar surface area (TPSA) is 21.7 Å². The van der Waals surface area contributed by atoms with Crippen LogP contribution in [0.3, 0.4) is 0 Å². The van der Waals surface area contributed by atoms with E-state index in [0.717, 1.165) is 26.4 Å². The van der Waals surface area contributed by atoms with Gasteiger partial charge in [-0.25, -0.2) is 0 Å². The third-order valence-corrected chi connectivity index (χ3v) is 5.68. The third kappa shape index (κ3) is 3.53. The highest BCUT2D eigenvalue weighted by Crippen LogP contribution is 2.44. The first-order chi connectivity index (χ1) is 10.7. The lowest BCUT2D eigenvalue weighted by Gasteiger charge is -2.49. The summed E-state index contributed by atoms with van der Waals surface area (Å²) < 4.78 is 11.2. The van der Waals surface area contributed by atoms with Gasteiger partial charge in [0.15, 0.2) is 0 Å². The number of benzene rings is 1. The first-order valence-corrected chi connectivity index (χ1v) is 8.56. The summed E-state index contributed by atoms with van der Waals surface area (Å²) in [6.45, 7) is 8.29. The Hall–Kier alpha value is -0.900. The lowest BCUT2D eigenvalue weighted by Crippen LogP contribution is -2.49. The normalized spacial score (nSPS) is 25.5. The molecular formula is C19H29NO2. The lowest BCUT2D eigenvalue weighted by molar-refractivity contribution is -0.0951. The van der Waals surface area contributed by atoms with Crippen molar-refractivity contribution in [2.45, 2.75) is 32.7 Å². The summed E-state index contributed by atoms with van der Waals surface area (Å²) in [6, 6.07) is 8.96. The second kappa shape index (κ2) is 7.12. The van der Waals surface area contributed by atoms with Crippen molar-refractivity contribution in [1.29, 1.82) is 0 Å². The van der Waals surface area contributed by atoms with E-state index in [1.807, 2.05) is 7.11 Å². The first-order valence-electron chi connectivity index (χ1n) is 8.56. The molecule has 22 heavy (non-hydrogen) atoms. The largest absolute Gasteiger partial charge is 0.384 e. The van der Waals surface area contributed by atoms with Crippen molar-refractivity contribution < 1.29 is 9.47 Å². The Labute approximate surface area is 134 Å². The highest BCUT2D eigenvalue weighted by Gasteiger charge is 2.43. The number of nitrogens with zero attached hydrogens (tertiary/aromatic N) is 1. The van der Waals surface area contributed by atoms with Crippen LogP contribution >= 0.6 is 0 Å². The van der Waals surface area contributed by atoms with Gasteiger partial charge < -0.3 is 9.47 Å². The van der Waals surface area contributed by atoms with E-state index in [1.54, 1.807) is 0 Å². The molecule has 0 radical (unpaired) electrons. The fourth-order valence-electron chi connectivity index (χ4n) is 4.07. The van der Waals surface area contributed by atoms with E-state index in [1.165, 1.54) is 43.5 Å². The van der Waals surface area contributed by atoms with Gasteiger partial charge >= 0.3 is 0 Å². The summed E-state index contributed by atoms with van der Waals surface area (Å²) in [6.07, 6.45) is 3.78. The summed E-state index contributed by atoms with van der Waals surface area (Å²) in [4.78, 5) is 2.61. The lowest BCUT2D eigenvalue weighted by atomic mass is 9.66. The summed E-state index contributed by atoms with van der Waals surface area (Å²) in [5.74, 6) is 0.577. The van der Waals surface area contributed by atoms with Gasteiger partial charge in [0.2, 0.25) is 0 Å². The van der Waals surface area contributed by atoms with E-state index in [9.17, 15) is 0 Å². The average molecular weight is 303 g/mol. The van der Waals surface area contributed by atoms with E-state index in [4.69, 9.17) is 9.47 Å². The first kappa shape index (κ1) is 16.0. The molecule has 2 aliphatic rings. The van der Waals surface area contributed by atoms with Gasteiger partial charge in [-0.3, -0.25) is 4.90 Å². The molecule has 3 heteroatoms. The predicted molar refractivity (Wildman–Crippen MR) is 88.9 cm³/mol. The molecule has 1 atom stereocenters. The number of hydrogen-bond acceptors (Lipinski definition) is 3. The van der Waals surface area contributed by atoms with Crippen LogP contribution in [-0.2, 0) is 16.0 Å². The van der Waals surface area contributed by atoms with E-state index in [2.05, 4.69) is 36.1 Å². The Morgan fingerprint density at radius 2 is 1.91 bits per heavy atom. The van der Waals surface area contributed by atoms with Gasteiger partial charge in [-0.2, -0.15) is 0 Å². The van der Waals surface area contributed by atoms with Crippen molar-refractivity contribution in [3.8, 4) is 0 Å². The number of likely N-dealkylation sites (tertiary alicyclic amines) is 1. The second-order valence-electron chi connectivity index (χ2n) is 7.10. The molecule has 0 aliphatic carbocycles. The second-order valence-corrected chi connectivity index (χ2v) is 7.10. The van der Waals surface area contributed by atoms with Crippen molar-refractivity contribution in [3.63, 3.8) is 0 Å². The summed E-state index contributed by atoms with van der Waals surface area (Å²) in [5.41, 5.74) is 3.23. The Kier molecular flexibility index (Phi) is 5.17. The molecule has 1 unspecified atom stereocenters. The molecule has 2 aliphatic heterocycles. The zero-order chi connectivity index (χ0) is 15.4. The van der Waals surface area contributed by atoms with Crippen LogP contribution in [0.4, 0.5) is 0 Å². The number of rotatable bonds is 4. The molecule has 0 aromatic heterocycles. The van der Waals surface area contributed by atoms with Crippen LogP contribution in [-0.4, -0.2) is 44.9 Å². The number of methoxy groups -OCH3 is 1. The van der Waals surface area contributed by atoms with E-state index >= 15 is 0 Å². The molecule has 3 nitrogen and oxygen atoms in total. The van der Waals surface area contributed by atoms with Crippen molar-refractivity contribution in [2.24, 2.45) is 11.3 Å². The van der Waals surface area contributed by atoms with Crippen LogP contribution in [0.5, 0.6) is 0 Å². The van der Waals surface area contributed by atoms with Crippen LogP contribution in [0.1, 0.15) is 30.4 Å². The minimum atomic E-state index is 0.456. The Morgan fingerprint density at radius 3 is 2.59 bits per heavy atom. The molecule has 2 fully saturated rings. The van der Waals surface area contributed by atoms with Gasteiger partial charge in [-0.15, -0.1) is 0 Å². The van der Waals surface area contributed by atoms with Crippen LogP contribution in [0.2, 0.25) is 0 Å². The molecule has 1 spiro atoms. The van der Waals surface area contributed by atoms with Crippen LogP contribution < -0.4 is 0 Å². The fourth-order valence-corrected chi connectivity index (χ4v) is 4.07. The maximum Gasteiger partial charge on any atom is 0.0521 e. The average Bonchev–Trinajstić information content (AvgIpc) is 2.54. The van der Waals surface area contributed by atoms with Crippen molar-refractivity contribution in [3.05, 3.63) is 35.4 Å². The predicted octanol–water partition coefficient (Wildman–Crippen LogP) is 3.26. The summed E-state index contributed by atoms with van der Waals surface area (Å²) >= 11 is 0. The van der Waals surface area contributed by atoms with Gasteiger partial charge in [-0.05, 0) is 50.3 Å². The molecule has 0 bridgehead atoms. The smallest absolute Gasteiger partial charge is 0.0521 e. The van der Waals surface area contributed by atoms with Gasteiger partial charge in [-0.1, -0.05) is 29.8 Å². The van der Waals surface area contributed by atoms with E-state index in [-0.39, 0.29) is 0 Å². The quantitative estimate of drug-likeness (QED) is 0.852. The monoisotopic (exact) mass is 303 g/mol. The molecule has 3 rings (SSSR count). The number of piperidine rings is 1. The van der Waals surface area contributed by atoms with Crippen molar-refractivity contribution in [2.75, 3.05) is 40.0 Å². The zero-order valence-corrected chi connectivity index (χ0v) is 14.0. The molecule has 0 N–H and O–H groups in total. The highest BCUT2D eigenvalue weighted by molar-refractivity contribution is 5.21. The third-order valence-electron chi connectivity index (χ3n) is 5.68. The molecule has 1 aromatic rings. The van der Waals surface area contributed by atoms with Crippen molar-refractivity contribution in [1.82, 2.24) is 4.90 Å². The maximum atomic E-state index is 5.70. The molecule has 0 saturated carbocycles. The zero-order valence-electron chi connectivity index (χ0n) is 14.0. The molecule has 1 aromatic carbocycles. The minimum Gasteiger partial charge on any atom is -0.384 e. The van der Waals surface area contributed by atoms with Crippen LogP contribution in [0.25, 0.3) is 0 Å². The number of ether oxygens (including phenoxy) is 2.